The molecule has 0 radical (unpaired) electrons. The van der Waals surface area contributed by atoms with Crippen molar-refractivity contribution >= 4 is 33.2 Å². The summed E-state index contributed by atoms with van der Waals surface area (Å²) in [6.07, 6.45) is 9.58. The Hall–Kier alpha value is -2.55. The smallest absolute Gasteiger partial charge is 0.264 e. The molecule has 7 nitrogen and oxygen atoms in total. The maximum absolute atomic E-state index is 13.4. The fourth-order valence-electron chi connectivity index (χ4n) is 7.37. The highest BCUT2D eigenvalue weighted by molar-refractivity contribution is 7.90. The lowest BCUT2D eigenvalue weighted by molar-refractivity contribution is 0.0177. The first-order chi connectivity index (χ1) is 20.1. The van der Waals surface area contributed by atoms with Gasteiger partial charge in [0.2, 0.25) is 10.0 Å². The Bertz CT molecular complexity index is 1490. The average Bonchev–Trinajstić information content (AvgIpc) is 3.09. The van der Waals surface area contributed by atoms with Crippen LogP contribution in [-0.2, 0) is 21.9 Å². The molecule has 1 fully saturated rings. The van der Waals surface area contributed by atoms with E-state index in [0.29, 0.717) is 37.7 Å². The Morgan fingerprint density at radius 3 is 2.69 bits per heavy atom. The van der Waals surface area contributed by atoms with E-state index in [0.717, 1.165) is 49.4 Å². The zero-order valence-electron chi connectivity index (χ0n) is 24.4. The minimum Gasteiger partial charge on any atom is -0.490 e. The summed E-state index contributed by atoms with van der Waals surface area (Å²) in [5, 5.41) is 11.1. The van der Waals surface area contributed by atoms with E-state index in [9.17, 15) is 18.3 Å². The van der Waals surface area contributed by atoms with Crippen LogP contribution in [0, 0.1) is 17.8 Å². The lowest BCUT2D eigenvalue weighted by atomic mass is 9.68. The molecule has 2 N–H and O–H groups in total. The van der Waals surface area contributed by atoms with Crippen LogP contribution in [0.2, 0.25) is 5.02 Å². The van der Waals surface area contributed by atoms with E-state index in [-0.39, 0.29) is 22.8 Å². The molecule has 2 heterocycles. The van der Waals surface area contributed by atoms with Crippen molar-refractivity contribution in [2.75, 3.05) is 24.6 Å². The van der Waals surface area contributed by atoms with Crippen LogP contribution >= 0.6 is 11.6 Å². The zero-order valence-corrected chi connectivity index (χ0v) is 26.0. The molecule has 1 spiro atoms. The third-order valence-electron chi connectivity index (χ3n) is 10.3. The summed E-state index contributed by atoms with van der Waals surface area (Å²) < 4.78 is 35.2. The predicted octanol–water partition coefficient (Wildman–Crippen LogP) is 5.63. The number of anilines is 1. The van der Waals surface area contributed by atoms with Crippen molar-refractivity contribution in [3.63, 3.8) is 0 Å². The number of benzene rings is 2. The van der Waals surface area contributed by atoms with Gasteiger partial charge in [-0.1, -0.05) is 36.7 Å². The fraction of sp³-hybridized carbons (Fsp3) is 0.545. The summed E-state index contributed by atoms with van der Waals surface area (Å²) in [6.45, 7) is 5.44. The number of amides is 1. The quantitative estimate of drug-likeness (QED) is 0.374. The lowest BCUT2D eigenvalue weighted by Gasteiger charge is -2.45. The molecule has 1 amide bonds. The molecule has 0 unspecified atom stereocenters. The topological polar surface area (TPSA) is 95.9 Å². The van der Waals surface area contributed by atoms with Gasteiger partial charge in [0, 0.05) is 29.1 Å². The van der Waals surface area contributed by atoms with E-state index in [1.807, 2.05) is 25.1 Å². The predicted molar refractivity (Wildman–Crippen MR) is 166 cm³/mol. The van der Waals surface area contributed by atoms with Crippen molar-refractivity contribution in [1.29, 1.82) is 0 Å². The Morgan fingerprint density at radius 1 is 1.10 bits per heavy atom. The lowest BCUT2D eigenvalue weighted by Crippen LogP contribution is -2.49. The SMILES string of the molecule is C[C@@H]1[C@@H](C)C/C=C/C[C@H](O)[C@@H]2CC[C@H]2CN2C[C@@]3(CCCc4cc(Cl)ccc43)COc3ccc(cc32)C(=O)NS1(=O)=O. The van der Waals surface area contributed by atoms with E-state index >= 15 is 0 Å². The number of halogens is 1. The van der Waals surface area contributed by atoms with Gasteiger partial charge in [0.25, 0.3) is 5.91 Å². The molecule has 0 saturated heterocycles. The van der Waals surface area contributed by atoms with Gasteiger partial charge in [-0.05, 0) is 111 Å². The van der Waals surface area contributed by atoms with Gasteiger partial charge in [0.05, 0.1) is 23.6 Å². The highest BCUT2D eigenvalue weighted by Crippen LogP contribution is 2.47. The number of hydrogen-bond donors (Lipinski definition) is 2. The zero-order chi connectivity index (χ0) is 29.6. The van der Waals surface area contributed by atoms with Crippen LogP contribution in [0.3, 0.4) is 0 Å². The maximum Gasteiger partial charge on any atom is 0.264 e. The van der Waals surface area contributed by atoms with Crippen molar-refractivity contribution in [1.82, 2.24) is 4.72 Å². The number of aryl methyl sites for hydroxylation is 1. The van der Waals surface area contributed by atoms with Gasteiger partial charge >= 0.3 is 0 Å². The normalized spacial score (nSPS) is 33.6. The van der Waals surface area contributed by atoms with Crippen LogP contribution < -0.4 is 14.4 Å². The van der Waals surface area contributed by atoms with E-state index in [1.54, 1.807) is 25.1 Å². The highest BCUT2D eigenvalue weighted by Gasteiger charge is 2.44. The highest BCUT2D eigenvalue weighted by atomic mass is 35.5. The van der Waals surface area contributed by atoms with Crippen molar-refractivity contribution in [2.24, 2.45) is 17.8 Å². The molecule has 6 atom stereocenters. The van der Waals surface area contributed by atoms with Crippen LogP contribution in [0.5, 0.6) is 5.75 Å². The molecular formula is C33H41ClN2O5S. The summed E-state index contributed by atoms with van der Waals surface area (Å²) in [4.78, 5) is 15.7. The van der Waals surface area contributed by atoms with Gasteiger partial charge in [-0.3, -0.25) is 4.79 Å². The number of nitrogens with one attached hydrogen (secondary N) is 1. The average molecular weight is 613 g/mol. The van der Waals surface area contributed by atoms with Crippen LogP contribution in [0.15, 0.2) is 48.6 Å². The first-order valence-electron chi connectivity index (χ1n) is 15.3. The minimum atomic E-state index is -3.90. The minimum absolute atomic E-state index is 0.189. The van der Waals surface area contributed by atoms with Gasteiger partial charge in [0.1, 0.15) is 5.75 Å². The maximum atomic E-state index is 13.4. The molecule has 226 valence electrons. The van der Waals surface area contributed by atoms with Crippen molar-refractivity contribution in [3.8, 4) is 5.75 Å². The number of ether oxygens (including phenoxy) is 1. The Labute approximate surface area is 254 Å². The third-order valence-corrected chi connectivity index (χ3v) is 12.5. The number of carbonyl (C=O) groups excluding carboxylic acids is 1. The Balaban J connectivity index is 1.41. The number of nitrogens with zero attached hydrogens (tertiary/aromatic N) is 1. The first-order valence-corrected chi connectivity index (χ1v) is 17.2. The van der Waals surface area contributed by atoms with Gasteiger partial charge in [-0.25, -0.2) is 13.1 Å². The van der Waals surface area contributed by atoms with Crippen LogP contribution in [0.4, 0.5) is 5.69 Å². The fourth-order valence-corrected chi connectivity index (χ4v) is 8.85. The molecule has 2 aliphatic carbocycles. The van der Waals surface area contributed by atoms with Crippen molar-refractivity contribution in [3.05, 3.63) is 70.3 Å². The van der Waals surface area contributed by atoms with Crippen LogP contribution in [0.1, 0.15) is 73.9 Å². The number of fused-ring (bicyclic) bond motifs is 4. The second-order valence-electron chi connectivity index (χ2n) is 13.0. The first kappa shape index (κ1) is 29.5. The third kappa shape index (κ3) is 5.58. The second-order valence-corrected chi connectivity index (χ2v) is 15.4. The number of carbonyl (C=O) groups is 1. The molecule has 0 aromatic heterocycles. The second kappa shape index (κ2) is 11.5. The van der Waals surface area contributed by atoms with Gasteiger partial charge < -0.3 is 14.7 Å². The van der Waals surface area contributed by atoms with Crippen LogP contribution in [0.25, 0.3) is 0 Å². The summed E-state index contributed by atoms with van der Waals surface area (Å²) in [5.74, 6) is 0.347. The van der Waals surface area contributed by atoms with E-state index in [2.05, 4.69) is 21.8 Å². The molecule has 2 aromatic rings. The van der Waals surface area contributed by atoms with Crippen LogP contribution in [-0.4, -0.2) is 50.5 Å². The molecular weight excluding hydrogens is 572 g/mol. The summed E-state index contributed by atoms with van der Waals surface area (Å²) in [6, 6.07) is 11.4. The molecule has 9 heteroatoms. The molecule has 2 aromatic carbocycles. The number of allylic oxidation sites excluding steroid dienone is 1. The van der Waals surface area contributed by atoms with E-state index in [1.165, 1.54) is 11.1 Å². The molecule has 42 heavy (non-hydrogen) atoms. The van der Waals surface area contributed by atoms with E-state index in [4.69, 9.17) is 16.3 Å². The summed E-state index contributed by atoms with van der Waals surface area (Å²) >= 11 is 6.39. The van der Waals surface area contributed by atoms with E-state index < -0.39 is 27.3 Å². The van der Waals surface area contributed by atoms with Gasteiger partial charge in [-0.2, -0.15) is 0 Å². The van der Waals surface area contributed by atoms with Crippen molar-refractivity contribution < 1.29 is 23.1 Å². The molecule has 6 rings (SSSR count). The molecule has 2 aliphatic heterocycles. The largest absolute Gasteiger partial charge is 0.490 e. The standard InChI is InChI=1S/C33H41ClN2O5S/c1-21-6-3-4-8-30(37)27-12-9-25(27)18-36-19-33(15-5-7-23-16-26(34)11-13-28(23)33)20-41-31-14-10-24(17-29(31)36)32(38)35-42(39,40)22(21)2/h3-4,10-11,13-14,16-17,21-22,25,27,30,37H,5-9,12,15,18-20H2,1-2H3,(H,35,38)/b4-3+/t21-,22+,25-,27+,30-,33-/m0/s1. The number of rotatable bonds is 0. The summed E-state index contributed by atoms with van der Waals surface area (Å²) in [7, 11) is -3.90. The Morgan fingerprint density at radius 2 is 1.90 bits per heavy atom. The van der Waals surface area contributed by atoms with Gasteiger partial charge in [-0.15, -0.1) is 0 Å². The monoisotopic (exact) mass is 612 g/mol. The molecule has 2 bridgehead atoms. The number of aliphatic hydroxyl groups excluding tert-OH is 1. The summed E-state index contributed by atoms with van der Waals surface area (Å²) in [5.41, 5.74) is 3.34. The molecule has 1 saturated carbocycles. The van der Waals surface area contributed by atoms with Gasteiger partial charge in [0.15, 0.2) is 0 Å². The number of aliphatic hydroxyl groups is 1. The Kier molecular flexibility index (Phi) is 8.09. The molecule has 4 aliphatic rings. The number of sulfonamides is 1. The van der Waals surface area contributed by atoms with Crippen molar-refractivity contribution in [2.45, 2.75) is 75.6 Å². The number of hydrogen-bond acceptors (Lipinski definition) is 6.